The smallest absolute Gasteiger partial charge is 0.176 e. The first kappa shape index (κ1) is 19.4. The molecule has 0 spiro atoms. The third-order valence-corrected chi connectivity index (χ3v) is 5.76. The highest BCUT2D eigenvalue weighted by atomic mass is 16.1. The summed E-state index contributed by atoms with van der Waals surface area (Å²) in [5.41, 5.74) is 8.16. The lowest BCUT2D eigenvalue weighted by atomic mass is 9.69. The van der Waals surface area contributed by atoms with Crippen LogP contribution >= 0.6 is 0 Å². The molecular formula is C22H30N4O. The number of Topliss-reactive ketones (excluding diaryl/α,β-unsaturated/α-hetero) is 1. The molecule has 1 aliphatic carbocycles. The lowest BCUT2D eigenvalue weighted by molar-refractivity contribution is -0.120. The number of para-hydroxylation sites is 1. The van der Waals surface area contributed by atoms with Gasteiger partial charge in [0.2, 0.25) is 0 Å². The van der Waals surface area contributed by atoms with Crippen LogP contribution in [0.2, 0.25) is 0 Å². The number of carbonyl (C=O) groups is 1. The molecule has 0 saturated carbocycles. The molecule has 0 aromatic heterocycles. The molecule has 1 heterocycles. The number of anilines is 1. The van der Waals surface area contributed by atoms with Crippen LogP contribution in [0.4, 0.5) is 5.69 Å². The molecule has 1 aliphatic heterocycles. The van der Waals surface area contributed by atoms with Gasteiger partial charge in [-0.05, 0) is 44.5 Å². The molecule has 5 N–H and O–H groups in total. The van der Waals surface area contributed by atoms with E-state index in [4.69, 9.17) is 11.1 Å². The van der Waals surface area contributed by atoms with Crippen LogP contribution in [0, 0.1) is 16.7 Å². The van der Waals surface area contributed by atoms with E-state index < -0.39 is 5.41 Å². The lowest BCUT2D eigenvalue weighted by Crippen LogP contribution is -2.46. The highest BCUT2D eigenvalue weighted by molar-refractivity contribution is 6.17. The van der Waals surface area contributed by atoms with Crippen molar-refractivity contribution in [3.63, 3.8) is 0 Å². The Morgan fingerprint density at radius 3 is 2.93 bits per heavy atom. The van der Waals surface area contributed by atoms with E-state index in [1.165, 1.54) is 5.56 Å². The van der Waals surface area contributed by atoms with Crippen LogP contribution in [0.5, 0.6) is 0 Å². The normalized spacial score (nSPS) is 24.1. The molecule has 3 rings (SSSR count). The molecule has 1 aromatic carbocycles. The molecule has 0 saturated heterocycles. The van der Waals surface area contributed by atoms with Crippen molar-refractivity contribution in [1.82, 2.24) is 5.32 Å². The van der Waals surface area contributed by atoms with Crippen LogP contribution in [0.15, 0.2) is 48.1 Å². The van der Waals surface area contributed by atoms with Gasteiger partial charge in [0.25, 0.3) is 0 Å². The fraction of sp³-hybridized carbons (Fsp3) is 0.455. The predicted octanol–water partition coefficient (Wildman–Crippen LogP) is 3.04. The van der Waals surface area contributed by atoms with Gasteiger partial charge >= 0.3 is 0 Å². The quantitative estimate of drug-likeness (QED) is 0.323. The Hall–Kier alpha value is -2.40. The van der Waals surface area contributed by atoms with E-state index >= 15 is 0 Å². The van der Waals surface area contributed by atoms with E-state index in [1.807, 2.05) is 37.4 Å². The van der Waals surface area contributed by atoms with Crippen molar-refractivity contribution in [2.75, 3.05) is 25.5 Å². The maximum absolute atomic E-state index is 13.4. The first-order valence-electron chi connectivity index (χ1n) is 9.83. The number of nitrogens with one attached hydrogen (secondary N) is 3. The summed E-state index contributed by atoms with van der Waals surface area (Å²) >= 11 is 0. The largest absolute Gasteiger partial charge is 0.387 e. The monoisotopic (exact) mass is 366 g/mol. The number of unbranched alkanes of at least 4 members (excludes halogenated alkanes) is 2. The number of hydrogen-bond donors (Lipinski definition) is 4. The Bertz CT molecular complexity index is 767. The van der Waals surface area contributed by atoms with Gasteiger partial charge in [0, 0.05) is 23.7 Å². The van der Waals surface area contributed by atoms with Crippen molar-refractivity contribution >= 4 is 17.3 Å². The molecule has 0 amide bonds. The van der Waals surface area contributed by atoms with Crippen molar-refractivity contribution < 1.29 is 4.79 Å². The van der Waals surface area contributed by atoms with Crippen LogP contribution < -0.4 is 16.4 Å². The average Bonchev–Trinajstić information content (AvgIpc) is 2.68. The van der Waals surface area contributed by atoms with E-state index in [0.29, 0.717) is 6.42 Å². The molecule has 5 nitrogen and oxygen atoms in total. The number of fused-ring (bicyclic) bond motifs is 1. The van der Waals surface area contributed by atoms with E-state index in [-0.39, 0.29) is 17.5 Å². The zero-order valence-corrected chi connectivity index (χ0v) is 16.1. The fourth-order valence-electron chi connectivity index (χ4n) is 4.13. The molecule has 0 radical (unpaired) electrons. The van der Waals surface area contributed by atoms with Gasteiger partial charge in [-0.25, -0.2) is 0 Å². The number of benzene rings is 1. The molecular weight excluding hydrogens is 336 g/mol. The summed E-state index contributed by atoms with van der Waals surface area (Å²) in [4.78, 5) is 13.4. The minimum atomic E-state index is -0.972. The standard InChI is InChI=1S/C22H30N4O/c1-25-13-6-2-5-11-22(21(23)24)12-7-9-18(20(22)27)17-14-16-8-3-4-10-19(16)26-15-17/h3-4,7-10,12,17,25-26H,2,5-6,11,13-15H2,1H3,(H3,23,24). The fourth-order valence-corrected chi connectivity index (χ4v) is 4.13. The summed E-state index contributed by atoms with van der Waals surface area (Å²) in [6.45, 7) is 1.70. The Balaban J connectivity index is 1.74. The van der Waals surface area contributed by atoms with Gasteiger partial charge in [0.15, 0.2) is 5.78 Å². The van der Waals surface area contributed by atoms with Gasteiger partial charge in [0.1, 0.15) is 11.3 Å². The van der Waals surface area contributed by atoms with Crippen LogP contribution in [-0.2, 0) is 11.2 Å². The Labute approximate surface area is 161 Å². The molecule has 5 heteroatoms. The predicted molar refractivity (Wildman–Crippen MR) is 111 cm³/mol. The van der Waals surface area contributed by atoms with E-state index in [9.17, 15) is 4.79 Å². The zero-order chi connectivity index (χ0) is 19.3. The van der Waals surface area contributed by atoms with Gasteiger partial charge in [-0.2, -0.15) is 0 Å². The summed E-state index contributed by atoms with van der Waals surface area (Å²) in [5, 5.41) is 14.7. The average molecular weight is 367 g/mol. The molecule has 0 bridgehead atoms. The second-order valence-corrected chi connectivity index (χ2v) is 7.55. The molecule has 1 aromatic rings. The summed E-state index contributed by atoms with van der Waals surface area (Å²) in [7, 11) is 1.94. The minimum Gasteiger partial charge on any atom is -0.387 e. The number of carbonyl (C=O) groups excluding carboxylic acids is 1. The molecule has 2 aliphatic rings. The van der Waals surface area contributed by atoms with Gasteiger partial charge in [-0.15, -0.1) is 0 Å². The second-order valence-electron chi connectivity index (χ2n) is 7.55. The maximum atomic E-state index is 13.4. The van der Waals surface area contributed by atoms with Crippen LogP contribution in [0.25, 0.3) is 0 Å². The second kappa shape index (κ2) is 8.53. The number of nitrogens with two attached hydrogens (primary N) is 1. The van der Waals surface area contributed by atoms with E-state index in [1.54, 1.807) is 0 Å². The van der Waals surface area contributed by atoms with E-state index in [0.717, 1.165) is 50.0 Å². The van der Waals surface area contributed by atoms with Crippen LogP contribution in [-0.4, -0.2) is 31.8 Å². The number of ketones is 1. The SMILES string of the molecule is CNCCCCCC1(C(=N)N)C=CC=C(C2CNc3ccccc3C2)C1=O. The topological polar surface area (TPSA) is 91.0 Å². The molecule has 0 fully saturated rings. The first-order chi connectivity index (χ1) is 13.1. The molecule has 2 unspecified atom stereocenters. The molecule has 144 valence electrons. The Morgan fingerprint density at radius 2 is 2.15 bits per heavy atom. The number of hydrogen-bond acceptors (Lipinski definition) is 4. The first-order valence-corrected chi connectivity index (χ1v) is 9.83. The Kier molecular flexibility index (Phi) is 6.11. The zero-order valence-electron chi connectivity index (χ0n) is 16.1. The van der Waals surface area contributed by atoms with Gasteiger partial charge in [-0.3, -0.25) is 10.2 Å². The number of amidine groups is 1. The van der Waals surface area contributed by atoms with Crippen LogP contribution in [0.1, 0.15) is 31.2 Å². The van der Waals surface area contributed by atoms with Crippen molar-refractivity contribution in [1.29, 1.82) is 5.41 Å². The number of allylic oxidation sites excluding steroid dienone is 2. The number of rotatable bonds is 8. The van der Waals surface area contributed by atoms with Crippen molar-refractivity contribution in [2.24, 2.45) is 17.1 Å². The van der Waals surface area contributed by atoms with Crippen molar-refractivity contribution in [3.05, 3.63) is 53.6 Å². The van der Waals surface area contributed by atoms with Crippen molar-refractivity contribution in [3.8, 4) is 0 Å². The van der Waals surface area contributed by atoms with Crippen molar-refractivity contribution in [2.45, 2.75) is 32.1 Å². The van der Waals surface area contributed by atoms with Gasteiger partial charge in [0.05, 0.1) is 0 Å². The summed E-state index contributed by atoms with van der Waals surface area (Å²) in [6, 6.07) is 8.24. The summed E-state index contributed by atoms with van der Waals surface area (Å²) in [5.74, 6) is 0.0878. The summed E-state index contributed by atoms with van der Waals surface area (Å²) in [6.07, 6.45) is 10.1. The lowest BCUT2D eigenvalue weighted by Gasteiger charge is -2.35. The van der Waals surface area contributed by atoms with Gasteiger partial charge < -0.3 is 16.4 Å². The highest BCUT2D eigenvalue weighted by Gasteiger charge is 2.43. The van der Waals surface area contributed by atoms with E-state index in [2.05, 4.69) is 22.8 Å². The van der Waals surface area contributed by atoms with Gasteiger partial charge in [-0.1, -0.05) is 49.3 Å². The highest BCUT2D eigenvalue weighted by Crippen LogP contribution is 2.38. The minimum absolute atomic E-state index is 0.0114. The molecule has 27 heavy (non-hydrogen) atoms. The maximum Gasteiger partial charge on any atom is 0.176 e. The third-order valence-electron chi connectivity index (χ3n) is 5.76. The Morgan fingerprint density at radius 1 is 1.33 bits per heavy atom. The van der Waals surface area contributed by atoms with Crippen LogP contribution in [0.3, 0.4) is 0 Å². The third kappa shape index (κ3) is 3.98. The molecule has 2 atom stereocenters. The summed E-state index contributed by atoms with van der Waals surface area (Å²) < 4.78 is 0.